The van der Waals surface area contributed by atoms with Crippen LogP contribution in [0.15, 0.2) is 66.9 Å². The highest BCUT2D eigenvalue weighted by Crippen LogP contribution is 2.47. The van der Waals surface area contributed by atoms with Crippen LogP contribution in [0.3, 0.4) is 0 Å². The zero-order valence-electron chi connectivity index (χ0n) is 16.2. The SMILES string of the molecule is c1ccc([C@H]2CN(Cc3cccc4ncccc34)[C@H]3C4CCN(CC4)[C@@H]23)cc1. The van der Waals surface area contributed by atoms with Gasteiger partial charge in [-0.2, -0.15) is 0 Å². The van der Waals surface area contributed by atoms with Gasteiger partial charge in [0, 0.05) is 42.7 Å². The van der Waals surface area contributed by atoms with Gasteiger partial charge in [-0.05, 0) is 55.1 Å². The molecule has 0 spiro atoms. The van der Waals surface area contributed by atoms with Gasteiger partial charge in [-0.25, -0.2) is 0 Å². The molecule has 2 aromatic carbocycles. The third-order valence-electron chi connectivity index (χ3n) is 7.43. The lowest BCUT2D eigenvalue weighted by Gasteiger charge is -2.51. The fourth-order valence-corrected chi connectivity index (χ4v) is 6.24. The lowest BCUT2D eigenvalue weighted by atomic mass is 9.75. The number of hydrogen-bond acceptors (Lipinski definition) is 3. The van der Waals surface area contributed by atoms with Crippen LogP contribution in [0.1, 0.15) is 29.9 Å². The largest absolute Gasteiger partial charge is 0.298 e. The van der Waals surface area contributed by atoms with Crippen LogP contribution in [0.2, 0.25) is 0 Å². The van der Waals surface area contributed by atoms with E-state index in [1.54, 1.807) is 0 Å². The van der Waals surface area contributed by atoms with Crippen molar-refractivity contribution in [2.75, 3.05) is 19.6 Å². The first-order valence-corrected chi connectivity index (χ1v) is 10.7. The summed E-state index contributed by atoms with van der Waals surface area (Å²) in [4.78, 5) is 10.2. The molecule has 0 amide bonds. The van der Waals surface area contributed by atoms with Crippen molar-refractivity contribution in [3.63, 3.8) is 0 Å². The molecule has 0 saturated carbocycles. The van der Waals surface area contributed by atoms with Crippen LogP contribution < -0.4 is 0 Å². The third-order valence-corrected chi connectivity index (χ3v) is 7.43. The average molecular weight is 370 g/mol. The van der Waals surface area contributed by atoms with E-state index in [1.807, 2.05) is 6.20 Å². The standard InChI is InChI=1S/C25H27N3/c1-2-6-18(7-3-1)22-17-28(24-19-11-14-27(15-12-19)25(22)24)16-20-8-4-10-23-21(20)9-5-13-26-23/h1-10,13,19,22,24-25H,11-12,14-17H2/t22-,24+,25+/m1/s1. The quantitative estimate of drug-likeness (QED) is 0.686. The highest BCUT2D eigenvalue weighted by Gasteiger charge is 2.53. The van der Waals surface area contributed by atoms with Gasteiger partial charge in [0.25, 0.3) is 0 Å². The first-order valence-electron chi connectivity index (χ1n) is 10.7. The van der Waals surface area contributed by atoms with Crippen LogP contribution in [-0.2, 0) is 6.54 Å². The van der Waals surface area contributed by atoms with Crippen molar-refractivity contribution in [1.29, 1.82) is 0 Å². The number of nitrogens with zero attached hydrogens (tertiary/aromatic N) is 3. The number of aromatic nitrogens is 1. The molecule has 3 aromatic rings. The lowest BCUT2D eigenvalue weighted by molar-refractivity contribution is -0.00859. The first kappa shape index (κ1) is 16.7. The number of fused-ring (bicyclic) bond motifs is 3. The number of rotatable bonds is 3. The maximum absolute atomic E-state index is 4.57. The Hall–Kier alpha value is -2.23. The van der Waals surface area contributed by atoms with Gasteiger partial charge in [-0.1, -0.05) is 48.5 Å². The number of hydrogen-bond donors (Lipinski definition) is 0. The second kappa shape index (κ2) is 6.68. The van der Waals surface area contributed by atoms with Gasteiger partial charge in [0.1, 0.15) is 0 Å². The van der Waals surface area contributed by atoms with Crippen molar-refractivity contribution in [3.05, 3.63) is 78.0 Å². The average Bonchev–Trinajstić information content (AvgIpc) is 3.17. The number of likely N-dealkylation sites (tertiary alicyclic amines) is 1. The Morgan fingerprint density at radius 3 is 2.57 bits per heavy atom. The highest BCUT2D eigenvalue weighted by molar-refractivity contribution is 5.81. The van der Waals surface area contributed by atoms with E-state index in [1.165, 1.54) is 49.0 Å². The van der Waals surface area contributed by atoms with Crippen LogP contribution in [-0.4, -0.2) is 46.5 Å². The van der Waals surface area contributed by atoms with Gasteiger partial charge in [0.15, 0.2) is 0 Å². The van der Waals surface area contributed by atoms with E-state index in [4.69, 9.17) is 0 Å². The van der Waals surface area contributed by atoms with Gasteiger partial charge in [-0.15, -0.1) is 0 Å². The smallest absolute Gasteiger partial charge is 0.0705 e. The summed E-state index contributed by atoms with van der Waals surface area (Å²) in [5.41, 5.74) is 4.06. The van der Waals surface area contributed by atoms with Gasteiger partial charge in [0.05, 0.1) is 5.52 Å². The van der Waals surface area contributed by atoms with E-state index in [-0.39, 0.29) is 0 Å². The molecule has 3 heteroatoms. The molecule has 0 radical (unpaired) electrons. The molecule has 5 heterocycles. The molecule has 2 bridgehead atoms. The van der Waals surface area contributed by atoms with E-state index in [2.05, 4.69) is 75.4 Å². The summed E-state index contributed by atoms with van der Waals surface area (Å²) < 4.78 is 0. The fourth-order valence-electron chi connectivity index (χ4n) is 6.24. The minimum Gasteiger partial charge on any atom is -0.298 e. The molecule has 28 heavy (non-hydrogen) atoms. The van der Waals surface area contributed by atoms with Gasteiger partial charge in [0.2, 0.25) is 0 Å². The Kier molecular flexibility index (Phi) is 3.98. The highest BCUT2D eigenvalue weighted by atomic mass is 15.3. The van der Waals surface area contributed by atoms with Crippen LogP contribution in [0, 0.1) is 5.92 Å². The molecule has 7 rings (SSSR count). The van der Waals surface area contributed by atoms with Gasteiger partial charge < -0.3 is 0 Å². The minimum absolute atomic E-state index is 0.627. The Bertz CT molecular complexity index is 972. The Morgan fingerprint density at radius 1 is 0.857 bits per heavy atom. The summed E-state index contributed by atoms with van der Waals surface area (Å²) in [6.45, 7) is 4.79. The minimum atomic E-state index is 0.627. The van der Waals surface area contributed by atoms with Crippen LogP contribution in [0.25, 0.3) is 10.9 Å². The molecule has 3 atom stereocenters. The third kappa shape index (κ3) is 2.61. The van der Waals surface area contributed by atoms with Crippen molar-refractivity contribution >= 4 is 10.9 Å². The molecule has 0 aliphatic carbocycles. The fraction of sp³-hybridized carbons (Fsp3) is 0.400. The van der Waals surface area contributed by atoms with E-state index in [0.29, 0.717) is 18.0 Å². The zero-order valence-corrected chi connectivity index (χ0v) is 16.2. The topological polar surface area (TPSA) is 19.4 Å². The van der Waals surface area contributed by atoms with Gasteiger partial charge >= 0.3 is 0 Å². The van der Waals surface area contributed by atoms with Crippen molar-refractivity contribution in [2.24, 2.45) is 5.92 Å². The van der Waals surface area contributed by atoms with E-state index < -0.39 is 0 Å². The summed E-state index contributed by atoms with van der Waals surface area (Å²) >= 11 is 0. The molecule has 4 aliphatic rings. The monoisotopic (exact) mass is 369 g/mol. The van der Waals surface area contributed by atoms with E-state index in [0.717, 1.165) is 18.0 Å². The zero-order chi connectivity index (χ0) is 18.5. The van der Waals surface area contributed by atoms with E-state index in [9.17, 15) is 0 Å². The van der Waals surface area contributed by atoms with Crippen molar-refractivity contribution in [3.8, 4) is 0 Å². The van der Waals surface area contributed by atoms with Crippen LogP contribution in [0.5, 0.6) is 0 Å². The normalized spacial score (nSPS) is 31.9. The maximum atomic E-state index is 4.57. The van der Waals surface area contributed by atoms with Crippen LogP contribution in [0.4, 0.5) is 0 Å². The van der Waals surface area contributed by atoms with Gasteiger partial charge in [-0.3, -0.25) is 14.8 Å². The summed E-state index contributed by atoms with van der Waals surface area (Å²) in [6.07, 6.45) is 4.64. The summed E-state index contributed by atoms with van der Waals surface area (Å²) in [6, 6.07) is 23.5. The number of pyridine rings is 1. The molecule has 3 nitrogen and oxygen atoms in total. The van der Waals surface area contributed by atoms with E-state index >= 15 is 0 Å². The number of benzene rings is 2. The molecular formula is C25H27N3. The maximum Gasteiger partial charge on any atom is 0.0705 e. The Labute approximate surface area is 167 Å². The summed E-state index contributed by atoms with van der Waals surface area (Å²) in [5, 5.41) is 1.31. The predicted octanol–water partition coefficient (Wildman–Crippen LogP) is 4.30. The molecule has 4 aliphatic heterocycles. The number of piperidine rings is 3. The molecule has 1 aromatic heterocycles. The first-order chi connectivity index (χ1) is 13.9. The molecule has 0 unspecified atom stereocenters. The summed E-state index contributed by atoms with van der Waals surface area (Å²) in [7, 11) is 0. The van der Waals surface area contributed by atoms with Crippen molar-refractivity contribution in [2.45, 2.75) is 37.4 Å². The van der Waals surface area contributed by atoms with Crippen molar-refractivity contribution < 1.29 is 0 Å². The lowest BCUT2D eigenvalue weighted by Crippen LogP contribution is -2.59. The second-order valence-electron chi connectivity index (χ2n) is 8.79. The second-order valence-corrected chi connectivity index (χ2v) is 8.79. The molecule has 4 saturated heterocycles. The van der Waals surface area contributed by atoms with Crippen molar-refractivity contribution in [1.82, 2.24) is 14.8 Å². The molecule has 142 valence electrons. The predicted molar refractivity (Wildman–Crippen MR) is 113 cm³/mol. The Balaban J connectivity index is 1.38. The summed E-state index contributed by atoms with van der Waals surface area (Å²) in [5.74, 6) is 1.49. The Morgan fingerprint density at radius 2 is 1.71 bits per heavy atom. The molecular weight excluding hydrogens is 342 g/mol. The molecule has 0 N–H and O–H groups in total. The van der Waals surface area contributed by atoms with Crippen LogP contribution >= 0.6 is 0 Å². The molecule has 4 fully saturated rings.